The molecule has 1 amide bonds. The van der Waals surface area contributed by atoms with Crippen molar-refractivity contribution in [2.75, 3.05) is 0 Å². The zero-order valence-corrected chi connectivity index (χ0v) is 19.8. The van der Waals surface area contributed by atoms with Gasteiger partial charge in [0.15, 0.2) is 0 Å². The van der Waals surface area contributed by atoms with Gasteiger partial charge in [-0.2, -0.15) is 5.26 Å². The normalized spacial score (nSPS) is 11.3. The van der Waals surface area contributed by atoms with E-state index in [0.717, 1.165) is 33.8 Å². The van der Waals surface area contributed by atoms with Crippen LogP contribution in [0, 0.1) is 11.3 Å². The first-order valence-electron chi connectivity index (χ1n) is 11.0. The second-order valence-electron chi connectivity index (χ2n) is 8.18. The molecule has 0 bridgehead atoms. The Morgan fingerprint density at radius 3 is 2.09 bits per heavy atom. The predicted molar refractivity (Wildman–Crippen MR) is 139 cm³/mol. The van der Waals surface area contributed by atoms with Crippen LogP contribution < -0.4 is 5.32 Å². The fourth-order valence-corrected chi connectivity index (χ4v) is 3.98. The molecule has 4 aromatic rings. The van der Waals surface area contributed by atoms with E-state index in [2.05, 4.69) is 16.0 Å². The Balaban J connectivity index is 2.04. The van der Waals surface area contributed by atoms with Crippen LogP contribution in [0.25, 0.3) is 34.3 Å². The molecule has 0 saturated heterocycles. The van der Waals surface area contributed by atoms with E-state index in [4.69, 9.17) is 11.6 Å². The number of halogens is 1. The highest BCUT2D eigenvalue weighted by Crippen LogP contribution is 2.37. The first-order chi connectivity index (χ1) is 16.5. The summed E-state index contributed by atoms with van der Waals surface area (Å²) < 4.78 is 2.14. The van der Waals surface area contributed by atoms with Crippen LogP contribution in [0.5, 0.6) is 0 Å². The van der Waals surface area contributed by atoms with Crippen molar-refractivity contribution in [3.63, 3.8) is 0 Å². The fourth-order valence-electron chi connectivity index (χ4n) is 3.86. The van der Waals surface area contributed by atoms with E-state index in [9.17, 15) is 10.1 Å². The third kappa shape index (κ3) is 4.96. The molecular weight excluding hydrogens is 442 g/mol. The minimum atomic E-state index is -0.392. The number of nitrogens with zero attached hydrogens (tertiary/aromatic N) is 2. The van der Waals surface area contributed by atoms with Crippen molar-refractivity contribution in [1.82, 2.24) is 9.88 Å². The van der Waals surface area contributed by atoms with Crippen LogP contribution in [0.4, 0.5) is 0 Å². The average molecular weight is 466 g/mol. The maximum Gasteiger partial charge on any atom is 0.262 e. The Kier molecular flexibility index (Phi) is 6.96. The summed E-state index contributed by atoms with van der Waals surface area (Å²) in [5.41, 5.74) is 5.55. The molecule has 0 aliphatic carbocycles. The average Bonchev–Trinajstić information content (AvgIpc) is 3.22. The van der Waals surface area contributed by atoms with Gasteiger partial charge in [0.05, 0.1) is 11.4 Å². The number of nitrogens with one attached hydrogen (secondary N) is 1. The second-order valence-corrected chi connectivity index (χ2v) is 8.61. The van der Waals surface area contributed by atoms with Crippen molar-refractivity contribution in [2.45, 2.75) is 19.9 Å². The Bertz CT molecular complexity index is 1360. The van der Waals surface area contributed by atoms with E-state index < -0.39 is 5.91 Å². The number of carbonyl (C=O) groups excluding carboxylic acids is 1. The van der Waals surface area contributed by atoms with Gasteiger partial charge in [0.1, 0.15) is 11.6 Å². The highest BCUT2D eigenvalue weighted by atomic mass is 35.5. The molecule has 1 N–H and O–H groups in total. The highest BCUT2D eigenvalue weighted by molar-refractivity contribution is 6.30. The van der Waals surface area contributed by atoms with Crippen LogP contribution in [0.2, 0.25) is 5.02 Å². The van der Waals surface area contributed by atoms with Crippen LogP contribution >= 0.6 is 11.6 Å². The summed E-state index contributed by atoms with van der Waals surface area (Å²) in [6, 6.07) is 31.6. The summed E-state index contributed by atoms with van der Waals surface area (Å²) in [5.74, 6) is -0.392. The monoisotopic (exact) mass is 465 g/mol. The van der Waals surface area contributed by atoms with Crippen molar-refractivity contribution in [3.05, 3.63) is 107 Å². The summed E-state index contributed by atoms with van der Waals surface area (Å²) in [7, 11) is 0. The molecule has 4 nitrogen and oxygen atoms in total. The molecule has 1 aromatic heterocycles. The highest BCUT2D eigenvalue weighted by Gasteiger charge is 2.20. The largest absolute Gasteiger partial charge is 0.349 e. The molecule has 0 atom stereocenters. The van der Waals surface area contributed by atoms with Crippen molar-refractivity contribution in [2.24, 2.45) is 0 Å². The number of nitriles is 1. The van der Waals surface area contributed by atoms with Crippen molar-refractivity contribution < 1.29 is 4.79 Å². The lowest BCUT2D eigenvalue weighted by molar-refractivity contribution is -0.117. The first kappa shape index (κ1) is 23.1. The quantitative estimate of drug-likeness (QED) is 0.249. The van der Waals surface area contributed by atoms with Crippen molar-refractivity contribution in [3.8, 4) is 34.3 Å². The molecule has 0 saturated carbocycles. The lowest BCUT2D eigenvalue weighted by Gasteiger charge is -2.15. The Labute approximate surface area is 204 Å². The standard InChI is InChI=1S/C29H24ClN3O/c1-20(2)32-29(34)24(19-31)17-23-18-27(21-9-5-3-6-10-21)33(26-15-13-25(30)14-16-26)28(23)22-11-7-4-8-12-22/h3-18,20H,1-2H3,(H,32,34)/b24-17+. The summed E-state index contributed by atoms with van der Waals surface area (Å²) >= 11 is 6.18. The van der Waals surface area contributed by atoms with Crippen molar-refractivity contribution >= 4 is 23.6 Å². The first-order valence-corrected chi connectivity index (χ1v) is 11.4. The van der Waals surface area contributed by atoms with Crippen LogP contribution in [0.15, 0.2) is 96.6 Å². The zero-order chi connectivity index (χ0) is 24.1. The predicted octanol–water partition coefficient (Wildman–Crippen LogP) is 6.90. The van der Waals surface area contributed by atoms with Crippen LogP contribution in [-0.4, -0.2) is 16.5 Å². The van der Waals surface area contributed by atoms with Gasteiger partial charge in [0.25, 0.3) is 5.91 Å². The van der Waals surface area contributed by atoms with Crippen molar-refractivity contribution in [1.29, 1.82) is 5.26 Å². The van der Waals surface area contributed by atoms with Gasteiger partial charge in [-0.1, -0.05) is 72.3 Å². The summed E-state index contributed by atoms with van der Waals surface area (Å²) in [6.07, 6.45) is 1.67. The maximum atomic E-state index is 12.7. The summed E-state index contributed by atoms with van der Waals surface area (Å²) in [5, 5.41) is 13.2. The molecule has 0 aliphatic rings. The number of amides is 1. The van der Waals surface area contributed by atoms with E-state index in [0.29, 0.717) is 5.02 Å². The lowest BCUT2D eigenvalue weighted by Crippen LogP contribution is -2.30. The molecule has 5 heteroatoms. The lowest BCUT2D eigenvalue weighted by atomic mass is 10.0. The molecule has 3 aromatic carbocycles. The molecule has 4 rings (SSSR count). The van der Waals surface area contributed by atoms with Gasteiger partial charge in [-0.15, -0.1) is 0 Å². The number of aromatic nitrogens is 1. The fraction of sp³-hybridized carbons (Fsp3) is 0.103. The smallest absolute Gasteiger partial charge is 0.262 e. The number of hydrogen-bond acceptors (Lipinski definition) is 2. The molecule has 0 fully saturated rings. The van der Waals surface area contributed by atoms with Crippen LogP contribution in [0.3, 0.4) is 0 Å². The topological polar surface area (TPSA) is 57.8 Å². The molecule has 0 radical (unpaired) electrons. The van der Waals surface area contributed by atoms with Gasteiger partial charge >= 0.3 is 0 Å². The van der Waals surface area contributed by atoms with E-state index >= 15 is 0 Å². The second kappa shape index (κ2) is 10.2. The van der Waals surface area contributed by atoms with E-state index in [1.165, 1.54) is 0 Å². The Morgan fingerprint density at radius 2 is 1.53 bits per heavy atom. The summed E-state index contributed by atoms with van der Waals surface area (Å²) in [4.78, 5) is 12.7. The molecule has 34 heavy (non-hydrogen) atoms. The molecule has 0 spiro atoms. The number of carbonyl (C=O) groups is 1. The van der Waals surface area contributed by atoms with Gasteiger partial charge in [0, 0.05) is 22.3 Å². The van der Waals surface area contributed by atoms with Crippen LogP contribution in [0.1, 0.15) is 19.4 Å². The Hall–Kier alpha value is -4.07. The van der Waals surface area contributed by atoms with E-state index in [1.807, 2.05) is 105 Å². The van der Waals surface area contributed by atoms with Crippen LogP contribution in [-0.2, 0) is 4.79 Å². The minimum absolute atomic E-state index is 0.0544. The number of rotatable bonds is 6. The SMILES string of the molecule is CC(C)NC(=O)/C(C#N)=C/c1cc(-c2ccccc2)n(-c2ccc(Cl)cc2)c1-c1ccccc1. The maximum absolute atomic E-state index is 12.7. The van der Waals surface area contributed by atoms with Gasteiger partial charge in [0.2, 0.25) is 0 Å². The number of hydrogen-bond donors (Lipinski definition) is 1. The third-order valence-electron chi connectivity index (χ3n) is 5.32. The van der Waals surface area contributed by atoms with E-state index in [1.54, 1.807) is 6.08 Å². The van der Waals surface area contributed by atoms with Gasteiger partial charge < -0.3 is 9.88 Å². The van der Waals surface area contributed by atoms with Gasteiger partial charge in [-0.05, 0) is 61.4 Å². The minimum Gasteiger partial charge on any atom is -0.349 e. The molecule has 0 aliphatic heterocycles. The third-order valence-corrected chi connectivity index (χ3v) is 5.57. The zero-order valence-electron chi connectivity index (χ0n) is 19.0. The molecule has 168 valence electrons. The summed E-state index contributed by atoms with van der Waals surface area (Å²) in [6.45, 7) is 3.74. The van der Waals surface area contributed by atoms with Gasteiger partial charge in [-0.25, -0.2) is 0 Å². The Morgan fingerprint density at radius 1 is 0.941 bits per heavy atom. The molecular formula is C29H24ClN3O. The molecule has 0 unspecified atom stereocenters. The van der Waals surface area contributed by atoms with Gasteiger partial charge in [-0.3, -0.25) is 4.79 Å². The molecule has 1 heterocycles. The number of benzene rings is 3. The van der Waals surface area contributed by atoms with E-state index in [-0.39, 0.29) is 11.6 Å².